The van der Waals surface area contributed by atoms with Crippen molar-refractivity contribution in [2.45, 2.75) is 24.8 Å². The molecule has 2 N–H and O–H groups in total. The molecule has 2 aromatic rings. The molecule has 2 rings (SSSR count). The average molecular weight is 310 g/mol. The van der Waals surface area contributed by atoms with E-state index in [-0.39, 0.29) is 11.4 Å². The smallest absolute Gasteiger partial charge is 0.243 e. The van der Waals surface area contributed by atoms with E-state index in [4.69, 9.17) is 0 Å². The second-order valence-electron chi connectivity index (χ2n) is 4.34. The van der Waals surface area contributed by atoms with Crippen molar-refractivity contribution in [2.75, 3.05) is 18.4 Å². The van der Waals surface area contributed by atoms with E-state index in [0.29, 0.717) is 12.5 Å². The fourth-order valence-corrected chi connectivity index (χ4v) is 2.50. The van der Waals surface area contributed by atoms with Crippen LogP contribution in [-0.2, 0) is 16.6 Å². The summed E-state index contributed by atoms with van der Waals surface area (Å²) in [6, 6.07) is 1.78. The van der Waals surface area contributed by atoms with E-state index < -0.39 is 10.0 Å². The normalized spacial score (nSPS) is 11.5. The first-order chi connectivity index (χ1) is 10.1. The Balaban J connectivity index is 1.92. The lowest BCUT2D eigenvalue weighted by molar-refractivity contribution is 0.560. The molecule has 114 valence electrons. The van der Waals surface area contributed by atoms with Gasteiger partial charge in [0.1, 0.15) is 4.90 Å². The molecule has 0 saturated carbocycles. The molecule has 0 radical (unpaired) electrons. The molecule has 2 heterocycles. The van der Waals surface area contributed by atoms with E-state index in [1.54, 1.807) is 23.1 Å². The molecular weight excluding hydrogens is 292 g/mol. The minimum atomic E-state index is -3.59. The van der Waals surface area contributed by atoms with Crippen LogP contribution in [0.25, 0.3) is 0 Å². The highest BCUT2D eigenvalue weighted by Gasteiger charge is 2.14. The molecule has 0 aliphatic rings. The molecule has 0 aromatic carbocycles. The maximum atomic E-state index is 12.0. The van der Waals surface area contributed by atoms with Crippen LogP contribution in [-0.4, -0.2) is 41.3 Å². The number of sulfonamides is 1. The third-order valence-corrected chi connectivity index (χ3v) is 4.08. The summed E-state index contributed by atoms with van der Waals surface area (Å²) in [5.74, 6) is 0.423. The highest BCUT2D eigenvalue weighted by Crippen LogP contribution is 2.07. The Hall–Kier alpha value is -2.00. The van der Waals surface area contributed by atoms with Gasteiger partial charge in [-0.05, 0) is 12.5 Å². The predicted molar refractivity (Wildman–Crippen MR) is 78.2 cm³/mol. The maximum Gasteiger partial charge on any atom is 0.243 e. The molecular formula is C12H18N6O2S. The Bertz CT molecular complexity index is 639. The highest BCUT2D eigenvalue weighted by atomic mass is 32.2. The van der Waals surface area contributed by atoms with Crippen LogP contribution in [0.4, 0.5) is 5.95 Å². The summed E-state index contributed by atoms with van der Waals surface area (Å²) in [4.78, 5) is 8.01. The number of rotatable bonds is 8. The summed E-state index contributed by atoms with van der Waals surface area (Å²) in [6.45, 7) is 3.48. The first kappa shape index (κ1) is 15.4. The van der Waals surface area contributed by atoms with Crippen LogP contribution in [0.15, 0.2) is 35.7 Å². The quantitative estimate of drug-likeness (QED) is 0.735. The van der Waals surface area contributed by atoms with Gasteiger partial charge in [-0.25, -0.2) is 23.1 Å². The zero-order valence-corrected chi connectivity index (χ0v) is 12.5. The molecule has 0 bridgehead atoms. The van der Waals surface area contributed by atoms with Crippen molar-refractivity contribution in [3.05, 3.63) is 30.9 Å². The molecule has 8 nitrogen and oxygen atoms in total. The minimum absolute atomic E-state index is 0.0463. The van der Waals surface area contributed by atoms with E-state index in [0.717, 1.165) is 13.0 Å². The van der Waals surface area contributed by atoms with Crippen molar-refractivity contribution in [3.63, 3.8) is 0 Å². The van der Waals surface area contributed by atoms with Crippen molar-refractivity contribution in [3.8, 4) is 0 Å². The topological polar surface area (TPSA) is 102 Å². The van der Waals surface area contributed by atoms with E-state index in [2.05, 4.69) is 25.1 Å². The van der Waals surface area contributed by atoms with E-state index in [9.17, 15) is 8.42 Å². The molecule has 0 saturated heterocycles. The van der Waals surface area contributed by atoms with Gasteiger partial charge >= 0.3 is 0 Å². The van der Waals surface area contributed by atoms with Crippen LogP contribution in [0.1, 0.15) is 13.3 Å². The fraction of sp³-hybridized carbons (Fsp3) is 0.417. The predicted octanol–water partition coefficient (Wildman–Crippen LogP) is 0.473. The summed E-state index contributed by atoms with van der Waals surface area (Å²) in [5, 5.41) is 6.98. The van der Waals surface area contributed by atoms with Crippen LogP contribution in [0.2, 0.25) is 0 Å². The van der Waals surface area contributed by atoms with Gasteiger partial charge in [-0.1, -0.05) is 6.92 Å². The van der Waals surface area contributed by atoms with Gasteiger partial charge in [0.25, 0.3) is 0 Å². The van der Waals surface area contributed by atoms with Crippen molar-refractivity contribution in [1.82, 2.24) is 24.5 Å². The molecule has 2 aromatic heterocycles. The van der Waals surface area contributed by atoms with Gasteiger partial charge in [-0.15, -0.1) is 0 Å². The third-order valence-electron chi connectivity index (χ3n) is 2.66. The van der Waals surface area contributed by atoms with E-state index in [1.807, 2.05) is 6.92 Å². The summed E-state index contributed by atoms with van der Waals surface area (Å²) in [6.07, 6.45) is 6.94. The van der Waals surface area contributed by atoms with Gasteiger partial charge in [-0.3, -0.25) is 4.68 Å². The Kier molecular flexibility index (Phi) is 5.23. The van der Waals surface area contributed by atoms with Crippen molar-refractivity contribution >= 4 is 16.0 Å². The molecule has 0 fully saturated rings. The first-order valence-electron chi connectivity index (χ1n) is 6.65. The molecule has 21 heavy (non-hydrogen) atoms. The lowest BCUT2D eigenvalue weighted by Gasteiger charge is -2.07. The number of aromatic nitrogens is 4. The Labute approximate surface area is 123 Å². The van der Waals surface area contributed by atoms with Gasteiger partial charge in [0, 0.05) is 25.5 Å². The molecule has 0 atom stereocenters. The largest absolute Gasteiger partial charge is 0.354 e. The lowest BCUT2D eigenvalue weighted by Crippen LogP contribution is -2.27. The average Bonchev–Trinajstić information content (AvgIpc) is 2.98. The number of anilines is 1. The number of hydrogen-bond acceptors (Lipinski definition) is 6. The molecule has 0 unspecified atom stereocenters. The Morgan fingerprint density at radius 3 is 2.62 bits per heavy atom. The second kappa shape index (κ2) is 7.14. The van der Waals surface area contributed by atoms with Crippen LogP contribution >= 0.6 is 0 Å². The van der Waals surface area contributed by atoms with Crippen LogP contribution in [0, 0.1) is 0 Å². The fourth-order valence-electron chi connectivity index (χ4n) is 1.59. The Morgan fingerprint density at radius 2 is 2.00 bits per heavy atom. The molecule has 9 heteroatoms. The maximum absolute atomic E-state index is 12.0. The van der Waals surface area contributed by atoms with Gasteiger partial charge < -0.3 is 5.32 Å². The summed E-state index contributed by atoms with van der Waals surface area (Å²) >= 11 is 0. The summed E-state index contributed by atoms with van der Waals surface area (Å²) in [7, 11) is -3.59. The van der Waals surface area contributed by atoms with Crippen molar-refractivity contribution < 1.29 is 8.42 Å². The monoisotopic (exact) mass is 310 g/mol. The van der Waals surface area contributed by atoms with Crippen LogP contribution in [0.3, 0.4) is 0 Å². The number of hydrogen-bond donors (Lipinski definition) is 2. The van der Waals surface area contributed by atoms with Gasteiger partial charge in [-0.2, -0.15) is 5.10 Å². The second-order valence-corrected chi connectivity index (χ2v) is 6.10. The first-order valence-corrected chi connectivity index (χ1v) is 8.13. The zero-order valence-electron chi connectivity index (χ0n) is 11.7. The highest BCUT2D eigenvalue weighted by molar-refractivity contribution is 7.89. The van der Waals surface area contributed by atoms with Crippen molar-refractivity contribution in [1.29, 1.82) is 0 Å². The molecule has 0 spiro atoms. The van der Waals surface area contributed by atoms with Gasteiger partial charge in [0.15, 0.2) is 0 Å². The SMILES string of the molecule is CCCNc1ncc(S(=O)(=O)NCCn2cccn2)cn1. The Morgan fingerprint density at radius 1 is 1.24 bits per heavy atom. The molecule has 0 aliphatic heterocycles. The van der Waals surface area contributed by atoms with Crippen molar-refractivity contribution in [2.24, 2.45) is 0 Å². The minimum Gasteiger partial charge on any atom is -0.354 e. The standard InChI is InChI=1S/C12H18N6O2S/c1-2-4-13-12-14-9-11(10-15-12)21(19,20)17-6-8-18-7-3-5-16-18/h3,5,7,9-10,17H,2,4,6,8H2,1H3,(H,13,14,15). The van der Waals surface area contributed by atoms with Crippen LogP contribution in [0.5, 0.6) is 0 Å². The summed E-state index contributed by atoms with van der Waals surface area (Å²) in [5.41, 5.74) is 0. The molecule has 0 amide bonds. The van der Waals surface area contributed by atoms with E-state index in [1.165, 1.54) is 12.4 Å². The lowest BCUT2D eigenvalue weighted by atomic mass is 10.5. The summed E-state index contributed by atoms with van der Waals surface area (Å²) < 4.78 is 28.2. The van der Waals surface area contributed by atoms with Gasteiger partial charge in [0.2, 0.25) is 16.0 Å². The third kappa shape index (κ3) is 4.50. The zero-order chi connectivity index (χ0) is 15.1. The number of nitrogens with zero attached hydrogens (tertiary/aromatic N) is 4. The number of nitrogens with one attached hydrogen (secondary N) is 2. The molecule has 0 aliphatic carbocycles. The van der Waals surface area contributed by atoms with E-state index >= 15 is 0 Å². The van der Waals surface area contributed by atoms with Gasteiger partial charge in [0.05, 0.1) is 18.9 Å². The van der Waals surface area contributed by atoms with Crippen LogP contribution < -0.4 is 10.0 Å².